The Kier molecular flexibility index (Phi) is 7.79. The molecule has 0 fully saturated rings. The van der Waals surface area contributed by atoms with Gasteiger partial charge in [0.2, 0.25) is 6.79 Å². The smallest absolute Gasteiger partial charge is 0.231 e. The molecule has 0 atom stereocenters. The normalized spacial score (nSPS) is 13.5. The first-order valence-corrected chi connectivity index (χ1v) is 8.53. The molecule has 7 heteroatoms. The summed E-state index contributed by atoms with van der Waals surface area (Å²) in [7, 11) is 3.84. The molecule has 1 N–H and O–H groups in total. The van der Waals surface area contributed by atoms with E-state index in [2.05, 4.69) is 41.4 Å². The van der Waals surface area contributed by atoms with Crippen molar-refractivity contribution in [1.82, 2.24) is 10.2 Å². The second-order valence-electron chi connectivity index (χ2n) is 5.91. The molecule has 1 aromatic carbocycles. The molecule has 0 radical (unpaired) electrons. The molecule has 0 saturated heterocycles. The molecule has 130 valence electrons. The Hall–Kier alpha value is -0.830. The van der Waals surface area contributed by atoms with Gasteiger partial charge in [-0.05, 0) is 37.8 Å². The summed E-state index contributed by atoms with van der Waals surface area (Å²) in [6.07, 6.45) is 2.13. The summed E-state index contributed by atoms with van der Waals surface area (Å²) in [6.45, 7) is 6.37. The molecular weight excluding hydrogens is 425 g/mol. The van der Waals surface area contributed by atoms with Gasteiger partial charge < -0.3 is 19.7 Å². The lowest BCUT2D eigenvalue weighted by atomic mass is 10.2. The van der Waals surface area contributed by atoms with Gasteiger partial charge in [-0.1, -0.05) is 6.07 Å². The van der Waals surface area contributed by atoms with Crippen molar-refractivity contribution in [1.29, 1.82) is 0 Å². The molecule has 1 aliphatic rings. The third-order valence-electron chi connectivity index (χ3n) is 3.65. The predicted octanol–water partition coefficient (Wildman–Crippen LogP) is 3.18. The van der Waals surface area contributed by atoms with Crippen molar-refractivity contribution in [3.63, 3.8) is 0 Å². The lowest BCUT2D eigenvalue weighted by molar-refractivity contribution is 0.174. The Morgan fingerprint density at radius 2 is 2.04 bits per heavy atom. The number of aliphatic imine (C=N–C) groups is 1. The molecule has 0 bridgehead atoms. The summed E-state index contributed by atoms with van der Waals surface area (Å²) in [4.78, 5) is 6.47. The number of rotatable bonds is 5. The van der Waals surface area contributed by atoms with E-state index in [-0.39, 0.29) is 28.7 Å². The molecule has 0 unspecified atom stereocenters. The molecule has 1 heterocycles. The summed E-state index contributed by atoms with van der Waals surface area (Å²) in [6, 6.07) is 6.04. The van der Waals surface area contributed by atoms with E-state index >= 15 is 0 Å². The molecule has 5 nitrogen and oxygen atoms in total. The number of halogens is 1. The van der Waals surface area contributed by atoms with Crippen LogP contribution in [0.3, 0.4) is 0 Å². The van der Waals surface area contributed by atoms with E-state index in [0.717, 1.165) is 30.5 Å². The van der Waals surface area contributed by atoms with E-state index in [0.29, 0.717) is 6.79 Å². The van der Waals surface area contributed by atoms with Crippen LogP contribution in [0.5, 0.6) is 11.5 Å². The zero-order chi connectivity index (χ0) is 16.2. The highest BCUT2D eigenvalue weighted by atomic mass is 127. The number of thioether (sulfide) groups is 1. The van der Waals surface area contributed by atoms with E-state index in [1.165, 1.54) is 5.56 Å². The van der Waals surface area contributed by atoms with Crippen molar-refractivity contribution in [2.24, 2.45) is 4.99 Å². The van der Waals surface area contributed by atoms with Crippen molar-refractivity contribution in [3.05, 3.63) is 23.8 Å². The number of guanidine groups is 1. The van der Waals surface area contributed by atoms with Crippen LogP contribution in [0.1, 0.15) is 19.4 Å². The zero-order valence-corrected chi connectivity index (χ0v) is 17.5. The molecule has 0 aliphatic carbocycles. The topological polar surface area (TPSA) is 46.1 Å². The second kappa shape index (κ2) is 8.86. The summed E-state index contributed by atoms with van der Waals surface area (Å²) in [5.41, 5.74) is 1.17. The van der Waals surface area contributed by atoms with Crippen LogP contribution in [0.25, 0.3) is 0 Å². The van der Waals surface area contributed by atoms with E-state index in [1.54, 1.807) is 0 Å². The highest BCUT2D eigenvalue weighted by molar-refractivity contribution is 14.0. The number of nitrogens with one attached hydrogen (secondary N) is 1. The Morgan fingerprint density at radius 3 is 2.70 bits per heavy atom. The maximum Gasteiger partial charge on any atom is 0.231 e. The highest BCUT2D eigenvalue weighted by Crippen LogP contribution is 2.32. The molecule has 0 aromatic heterocycles. The third-order valence-corrected chi connectivity index (χ3v) is 4.90. The number of hydrogen-bond donors (Lipinski definition) is 1. The molecule has 1 aliphatic heterocycles. The van der Waals surface area contributed by atoms with Gasteiger partial charge in [0, 0.05) is 31.9 Å². The molecule has 0 saturated carbocycles. The van der Waals surface area contributed by atoms with Gasteiger partial charge in [0.05, 0.1) is 0 Å². The maximum absolute atomic E-state index is 5.42. The van der Waals surface area contributed by atoms with Crippen molar-refractivity contribution in [3.8, 4) is 11.5 Å². The molecule has 0 amide bonds. The Balaban J connectivity index is 0.00000264. The number of hydrogen-bond acceptors (Lipinski definition) is 4. The van der Waals surface area contributed by atoms with Crippen LogP contribution in [0.2, 0.25) is 0 Å². The number of fused-ring (bicyclic) bond motifs is 1. The Morgan fingerprint density at radius 1 is 1.35 bits per heavy atom. The summed E-state index contributed by atoms with van der Waals surface area (Å²) >= 11 is 1.84. The van der Waals surface area contributed by atoms with Crippen molar-refractivity contribution < 1.29 is 9.47 Å². The molecule has 0 spiro atoms. The van der Waals surface area contributed by atoms with Crippen molar-refractivity contribution in [2.45, 2.75) is 25.1 Å². The van der Waals surface area contributed by atoms with Gasteiger partial charge in [-0.15, -0.1) is 24.0 Å². The van der Waals surface area contributed by atoms with E-state index in [4.69, 9.17) is 9.47 Å². The first-order chi connectivity index (χ1) is 10.4. The fraction of sp³-hybridized carbons (Fsp3) is 0.562. The Bertz CT molecular complexity index is 552. The minimum atomic E-state index is 0. The summed E-state index contributed by atoms with van der Waals surface area (Å²) in [5.74, 6) is 2.52. The monoisotopic (exact) mass is 451 g/mol. The fourth-order valence-electron chi connectivity index (χ4n) is 2.14. The highest BCUT2D eigenvalue weighted by Gasteiger charge is 2.18. The van der Waals surface area contributed by atoms with Gasteiger partial charge >= 0.3 is 0 Å². The average Bonchev–Trinajstić information content (AvgIpc) is 2.95. The predicted molar refractivity (Wildman–Crippen MR) is 108 cm³/mol. The van der Waals surface area contributed by atoms with Crippen molar-refractivity contribution in [2.75, 3.05) is 33.7 Å². The number of ether oxygens (including phenoxy) is 2. The first-order valence-electron chi connectivity index (χ1n) is 7.30. The fourth-order valence-corrected chi connectivity index (χ4v) is 2.35. The maximum atomic E-state index is 5.42. The Labute approximate surface area is 160 Å². The van der Waals surface area contributed by atoms with Gasteiger partial charge in [0.15, 0.2) is 17.5 Å². The van der Waals surface area contributed by atoms with Crippen LogP contribution in [-0.2, 0) is 6.54 Å². The molecular formula is C16H26IN3O2S. The van der Waals surface area contributed by atoms with Crippen molar-refractivity contribution >= 4 is 41.7 Å². The van der Waals surface area contributed by atoms with Gasteiger partial charge in [0.25, 0.3) is 0 Å². The zero-order valence-electron chi connectivity index (χ0n) is 14.4. The average molecular weight is 451 g/mol. The minimum Gasteiger partial charge on any atom is -0.454 e. The molecule has 1 aromatic rings. The minimum absolute atomic E-state index is 0. The second-order valence-corrected chi connectivity index (χ2v) is 7.42. The van der Waals surface area contributed by atoms with Crippen LogP contribution in [-0.4, -0.2) is 49.3 Å². The number of benzene rings is 1. The lowest BCUT2D eigenvalue weighted by Crippen LogP contribution is -2.43. The standard InChI is InChI=1S/C16H25N3O2S.HI/c1-16(2,22-5)10-18-15(17-3)19(4)9-12-6-7-13-14(8-12)21-11-20-13;/h6-8H,9-11H2,1-5H3,(H,17,18);1H. The van der Waals surface area contributed by atoms with E-state index in [9.17, 15) is 0 Å². The van der Waals surface area contributed by atoms with E-state index in [1.807, 2.05) is 38.0 Å². The lowest BCUT2D eigenvalue weighted by Gasteiger charge is -2.27. The van der Waals surface area contributed by atoms with Gasteiger partial charge in [-0.3, -0.25) is 4.99 Å². The number of nitrogens with zero attached hydrogens (tertiary/aromatic N) is 2. The largest absolute Gasteiger partial charge is 0.454 e. The van der Waals surface area contributed by atoms with Crippen LogP contribution in [0.15, 0.2) is 23.2 Å². The van der Waals surface area contributed by atoms with Crippen LogP contribution in [0, 0.1) is 0 Å². The summed E-state index contributed by atoms with van der Waals surface area (Å²) in [5, 5.41) is 3.43. The molecule has 2 rings (SSSR count). The van der Waals surface area contributed by atoms with Gasteiger partial charge in [-0.25, -0.2) is 0 Å². The van der Waals surface area contributed by atoms with Gasteiger partial charge in [0.1, 0.15) is 0 Å². The third kappa shape index (κ3) is 5.63. The molecule has 23 heavy (non-hydrogen) atoms. The van der Waals surface area contributed by atoms with Crippen LogP contribution >= 0.6 is 35.7 Å². The SMILES string of the molecule is CN=C(NCC(C)(C)SC)N(C)Cc1ccc2c(c1)OCO2.I. The van der Waals surface area contributed by atoms with Crippen LogP contribution < -0.4 is 14.8 Å². The van der Waals surface area contributed by atoms with Gasteiger partial charge in [-0.2, -0.15) is 11.8 Å². The van der Waals surface area contributed by atoms with Crippen LogP contribution in [0.4, 0.5) is 0 Å². The summed E-state index contributed by atoms with van der Waals surface area (Å²) < 4.78 is 10.9. The van der Waals surface area contributed by atoms with E-state index < -0.39 is 0 Å². The first kappa shape index (κ1) is 20.2. The quantitative estimate of drug-likeness (QED) is 0.424.